The van der Waals surface area contributed by atoms with Gasteiger partial charge in [0.15, 0.2) is 0 Å². The van der Waals surface area contributed by atoms with Crippen LogP contribution < -0.4 is 0 Å². The molecular weight excluding hydrogens is 254 g/mol. The zero-order valence-electron chi connectivity index (χ0n) is 11.5. The molecule has 18 heavy (non-hydrogen) atoms. The highest BCUT2D eigenvalue weighted by Gasteiger charge is 2.35. The van der Waals surface area contributed by atoms with Gasteiger partial charge in [0, 0.05) is 5.41 Å². The molecule has 0 saturated carbocycles. The van der Waals surface area contributed by atoms with Crippen molar-refractivity contribution in [3.05, 3.63) is 21.0 Å². The lowest BCUT2D eigenvalue weighted by atomic mass is 9.91. The van der Waals surface area contributed by atoms with E-state index in [0.717, 1.165) is 12.8 Å². The number of hydrogen-bond donors (Lipinski definition) is 0. The smallest absolute Gasteiger partial charge is 0.258 e. The Morgan fingerprint density at radius 3 is 2.17 bits per heavy atom. The molecule has 1 heterocycles. The molecule has 0 N–H and O–H groups in total. The fraction of sp³-hybridized carbons (Fsp3) is 0.750. The molecule has 0 radical (unpaired) electrons. The van der Waals surface area contributed by atoms with Gasteiger partial charge in [0.1, 0.15) is 5.69 Å². The van der Waals surface area contributed by atoms with Crippen LogP contribution in [0.2, 0.25) is 5.15 Å². The molecule has 0 atom stereocenters. The third-order valence-electron chi connectivity index (χ3n) is 3.01. The third kappa shape index (κ3) is 2.66. The zero-order valence-corrected chi connectivity index (χ0v) is 12.3. The average molecular weight is 274 g/mol. The van der Waals surface area contributed by atoms with Crippen LogP contribution in [0.5, 0.6) is 0 Å². The van der Waals surface area contributed by atoms with Gasteiger partial charge in [-0.15, -0.1) is 0 Å². The first-order valence-corrected chi connectivity index (χ1v) is 6.54. The van der Waals surface area contributed by atoms with Crippen molar-refractivity contribution in [2.75, 3.05) is 0 Å². The highest BCUT2D eigenvalue weighted by molar-refractivity contribution is 6.31. The van der Waals surface area contributed by atoms with E-state index in [1.165, 1.54) is 0 Å². The molecule has 0 amide bonds. The van der Waals surface area contributed by atoms with Crippen LogP contribution in [-0.4, -0.2) is 14.7 Å². The van der Waals surface area contributed by atoms with Gasteiger partial charge in [0.2, 0.25) is 5.15 Å². The van der Waals surface area contributed by atoms with Gasteiger partial charge in [-0.3, -0.25) is 10.1 Å². The van der Waals surface area contributed by atoms with Gasteiger partial charge in [-0.1, -0.05) is 46.2 Å². The zero-order chi connectivity index (χ0) is 14.1. The summed E-state index contributed by atoms with van der Waals surface area (Å²) in [5.74, 6) is 0. The first-order chi connectivity index (χ1) is 8.23. The van der Waals surface area contributed by atoms with Crippen molar-refractivity contribution < 1.29 is 4.92 Å². The van der Waals surface area contributed by atoms with Crippen LogP contribution in [-0.2, 0) is 5.41 Å². The summed E-state index contributed by atoms with van der Waals surface area (Å²) >= 11 is 6.14. The summed E-state index contributed by atoms with van der Waals surface area (Å²) in [6, 6.07) is 0.104. The van der Waals surface area contributed by atoms with Gasteiger partial charge in [0.05, 0.1) is 11.0 Å². The molecule has 0 aliphatic heterocycles. The van der Waals surface area contributed by atoms with Crippen molar-refractivity contribution >= 4 is 17.3 Å². The van der Waals surface area contributed by atoms with Crippen molar-refractivity contribution in [2.45, 2.75) is 58.9 Å². The van der Waals surface area contributed by atoms with E-state index >= 15 is 0 Å². The van der Waals surface area contributed by atoms with Gasteiger partial charge in [0.25, 0.3) is 0 Å². The number of nitrogens with zero attached hydrogens (tertiary/aromatic N) is 3. The molecule has 102 valence electrons. The summed E-state index contributed by atoms with van der Waals surface area (Å²) < 4.78 is 1.60. The minimum atomic E-state index is -0.436. The summed E-state index contributed by atoms with van der Waals surface area (Å²) in [5, 5.41) is 15.7. The molecule has 6 heteroatoms. The highest BCUT2D eigenvalue weighted by atomic mass is 35.5. The fourth-order valence-electron chi connectivity index (χ4n) is 1.95. The van der Waals surface area contributed by atoms with Crippen molar-refractivity contribution in [1.82, 2.24) is 9.78 Å². The maximum absolute atomic E-state index is 11.2. The Bertz CT molecular complexity index is 445. The van der Waals surface area contributed by atoms with Gasteiger partial charge in [-0.25, -0.2) is 4.68 Å². The second kappa shape index (κ2) is 5.26. The number of hydrogen-bond acceptors (Lipinski definition) is 3. The molecule has 0 unspecified atom stereocenters. The van der Waals surface area contributed by atoms with E-state index in [1.807, 2.05) is 34.6 Å². The highest BCUT2D eigenvalue weighted by Crippen LogP contribution is 2.38. The number of nitro groups is 1. The predicted octanol–water partition coefficient (Wildman–Crippen LogP) is 4.10. The van der Waals surface area contributed by atoms with Crippen LogP contribution in [0.1, 0.15) is 59.2 Å². The van der Waals surface area contributed by atoms with Crippen LogP contribution in [0, 0.1) is 10.1 Å². The molecule has 0 spiro atoms. The van der Waals surface area contributed by atoms with E-state index in [1.54, 1.807) is 4.68 Å². The Morgan fingerprint density at radius 1 is 1.39 bits per heavy atom. The second-order valence-corrected chi connectivity index (χ2v) is 5.77. The van der Waals surface area contributed by atoms with E-state index in [9.17, 15) is 10.1 Å². The van der Waals surface area contributed by atoms with Crippen LogP contribution in [0.25, 0.3) is 0 Å². The van der Waals surface area contributed by atoms with Gasteiger partial charge >= 0.3 is 5.69 Å². The molecule has 5 nitrogen and oxygen atoms in total. The molecule has 1 aromatic rings. The van der Waals surface area contributed by atoms with Crippen LogP contribution in [0.3, 0.4) is 0 Å². The lowest BCUT2D eigenvalue weighted by molar-refractivity contribution is -0.385. The maximum Gasteiger partial charge on any atom is 0.329 e. The Hall–Kier alpha value is -1.10. The molecule has 0 fully saturated rings. The maximum atomic E-state index is 11.2. The van der Waals surface area contributed by atoms with Crippen LogP contribution in [0.4, 0.5) is 5.69 Å². The Labute approximate surface area is 112 Å². The Kier molecular flexibility index (Phi) is 4.37. The summed E-state index contributed by atoms with van der Waals surface area (Å²) in [7, 11) is 0. The van der Waals surface area contributed by atoms with E-state index in [2.05, 4.69) is 5.10 Å². The van der Waals surface area contributed by atoms with Crippen molar-refractivity contribution in [1.29, 1.82) is 0 Å². The predicted molar refractivity (Wildman–Crippen MR) is 72.2 cm³/mol. The minimum Gasteiger partial charge on any atom is -0.258 e. The largest absolute Gasteiger partial charge is 0.329 e. The van der Waals surface area contributed by atoms with Gasteiger partial charge in [-0.05, 0) is 12.8 Å². The van der Waals surface area contributed by atoms with Gasteiger partial charge < -0.3 is 0 Å². The molecule has 0 bridgehead atoms. The SMILES string of the molecule is CCC(CC)n1nc(C(C)(C)C)c([N+](=O)[O-])c1Cl. The summed E-state index contributed by atoms with van der Waals surface area (Å²) in [4.78, 5) is 10.7. The Balaban J connectivity index is 3.46. The topological polar surface area (TPSA) is 61.0 Å². The summed E-state index contributed by atoms with van der Waals surface area (Å²) in [6.45, 7) is 9.74. The Morgan fingerprint density at radius 2 is 1.89 bits per heavy atom. The number of rotatable bonds is 4. The molecule has 0 aromatic carbocycles. The molecule has 1 rings (SSSR count). The molecule has 1 aromatic heterocycles. The standard InChI is InChI=1S/C12H20ClN3O2/c1-6-8(7-2)15-11(13)9(16(17)18)10(14-15)12(3,4)5/h8H,6-7H2,1-5H3. The second-order valence-electron chi connectivity index (χ2n) is 5.41. The molecule has 0 saturated heterocycles. The molecule has 0 aliphatic carbocycles. The average Bonchev–Trinajstić information content (AvgIpc) is 2.58. The van der Waals surface area contributed by atoms with Crippen molar-refractivity contribution in [2.24, 2.45) is 0 Å². The van der Waals surface area contributed by atoms with Crippen LogP contribution >= 0.6 is 11.6 Å². The minimum absolute atomic E-state index is 0.0592. The molecule has 0 aliphatic rings. The number of halogens is 1. The van der Waals surface area contributed by atoms with E-state index in [0.29, 0.717) is 5.69 Å². The lowest BCUT2D eigenvalue weighted by Crippen LogP contribution is -2.15. The van der Waals surface area contributed by atoms with Crippen molar-refractivity contribution in [3.63, 3.8) is 0 Å². The van der Waals surface area contributed by atoms with Crippen molar-refractivity contribution in [3.8, 4) is 0 Å². The lowest BCUT2D eigenvalue weighted by Gasteiger charge is -2.15. The first-order valence-electron chi connectivity index (χ1n) is 6.16. The summed E-state index contributed by atoms with van der Waals surface area (Å²) in [6.07, 6.45) is 1.69. The van der Waals surface area contributed by atoms with E-state index < -0.39 is 10.3 Å². The van der Waals surface area contributed by atoms with Gasteiger partial charge in [-0.2, -0.15) is 5.10 Å². The summed E-state index contributed by atoms with van der Waals surface area (Å²) in [5.41, 5.74) is -0.0102. The quantitative estimate of drug-likeness (QED) is 0.613. The van der Waals surface area contributed by atoms with Crippen LogP contribution in [0.15, 0.2) is 0 Å². The first kappa shape index (κ1) is 15.0. The fourth-order valence-corrected chi connectivity index (χ4v) is 2.28. The number of aromatic nitrogens is 2. The van der Waals surface area contributed by atoms with E-state index in [4.69, 9.17) is 11.6 Å². The monoisotopic (exact) mass is 273 g/mol. The normalized spacial score (nSPS) is 12.2. The third-order valence-corrected chi connectivity index (χ3v) is 3.36. The molecular formula is C12H20ClN3O2. The van der Waals surface area contributed by atoms with E-state index in [-0.39, 0.29) is 16.9 Å².